The van der Waals surface area contributed by atoms with Crippen molar-refractivity contribution in [3.63, 3.8) is 0 Å². The van der Waals surface area contributed by atoms with Gasteiger partial charge < -0.3 is 0 Å². The Balaban J connectivity index is 0. The van der Waals surface area contributed by atoms with Crippen molar-refractivity contribution < 1.29 is 0 Å². The van der Waals surface area contributed by atoms with Gasteiger partial charge in [0, 0.05) is 0 Å². The van der Waals surface area contributed by atoms with E-state index in [-0.39, 0.29) is 109 Å². The van der Waals surface area contributed by atoms with E-state index in [1.807, 2.05) is 0 Å². The van der Waals surface area contributed by atoms with Gasteiger partial charge in [0.25, 0.3) is 0 Å². The van der Waals surface area contributed by atoms with Gasteiger partial charge in [0.15, 0.2) is 17.4 Å². The molecule has 0 nitrogen and oxygen atoms in total. The first-order valence-corrected chi connectivity index (χ1v) is 0. The van der Waals surface area contributed by atoms with Crippen molar-refractivity contribution in [2.75, 3.05) is 0 Å². The van der Waals surface area contributed by atoms with Crippen molar-refractivity contribution in [1.82, 2.24) is 0 Å². The molecule has 0 spiro atoms. The molecule has 4 heteroatoms. The van der Waals surface area contributed by atoms with E-state index in [2.05, 4.69) is 0 Å². The monoisotopic (exact) mass is 172 g/mol. The van der Waals surface area contributed by atoms with Crippen molar-refractivity contribution in [1.29, 1.82) is 0 Å². The van der Waals surface area contributed by atoms with Crippen molar-refractivity contribution >= 4 is 109 Å². The van der Waals surface area contributed by atoms with Crippen LogP contribution in [0.4, 0.5) is 0 Å². The molecule has 0 saturated heterocycles. The molecule has 0 rings (SSSR count). The van der Waals surface area contributed by atoms with Crippen LogP contribution < -0.4 is 0 Å². The van der Waals surface area contributed by atoms with Crippen molar-refractivity contribution in [2.45, 2.75) is 0 Å². The van der Waals surface area contributed by atoms with Crippen LogP contribution in [-0.2, 0) is 0 Å². The molecule has 0 heterocycles. The van der Waals surface area contributed by atoms with E-state index in [1.54, 1.807) is 0 Å². The van der Waals surface area contributed by atoms with Crippen LogP contribution in [0.25, 0.3) is 0 Å². The van der Waals surface area contributed by atoms with Gasteiger partial charge in [-0.3, -0.25) is 0 Å². The van der Waals surface area contributed by atoms with Gasteiger partial charge in [-0.05, 0) is 0 Å². The zero-order chi connectivity index (χ0) is 0. The first-order valence-electron chi connectivity index (χ1n) is 0. The molecule has 0 saturated carbocycles. The normalized spacial score (nSPS) is 0. The molecule has 0 aromatic rings. The third-order valence-corrected chi connectivity index (χ3v) is 0. The predicted molar refractivity (Wildman–Crippen MR) is 35.6 cm³/mol. The number of hydrogen-bond acceptors (Lipinski definition) is 0. The zero-order valence-corrected chi connectivity index (χ0v) is 0. The maximum absolute atomic E-state index is 0. The molecule has 0 aromatic heterocycles. The third-order valence-electron chi connectivity index (χ3n) is 0. The van der Waals surface area contributed by atoms with Crippen LogP contribution >= 0.6 is 0 Å². The number of rotatable bonds is 0. The average Bonchev–Trinajstić information content (AvgIpc) is 0. The van der Waals surface area contributed by atoms with Gasteiger partial charge >= 0.3 is 91.6 Å². The Hall–Kier alpha value is 3.55. The molecule has 0 unspecified atom stereocenters. The van der Waals surface area contributed by atoms with Crippen LogP contribution in [0.2, 0.25) is 0 Å². The topological polar surface area (TPSA) is 0 Å². The Morgan fingerprint density at radius 3 is 0.750 bits per heavy atom. The molecule has 0 aromatic carbocycles. The molecule has 0 atom stereocenters. The fraction of sp³-hybridized carbons (Fsp3) is 0. The summed E-state index contributed by atoms with van der Waals surface area (Å²) in [6, 6.07) is 0. The van der Waals surface area contributed by atoms with Gasteiger partial charge in [-0.2, -0.15) is 0 Å². The van der Waals surface area contributed by atoms with Gasteiger partial charge in [0.2, 0.25) is 0 Å². The Morgan fingerprint density at radius 1 is 0.750 bits per heavy atom. The Labute approximate surface area is 106 Å². The molecule has 0 N–H and O–H groups in total. The standard InChI is InChI=1S/Al.2Mg.Sr.9H. The minimum absolute atomic E-state index is 0. The number of hydrogen-bond donors (Lipinski definition) is 0. The molecular formula is H9AlMg2Sr. The Morgan fingerprint density at radius 2 is 0.750 bits per heavy atom. The maximum atomic E-state index is 0. The fourth-order valence-corrected chi connectivity index (χ4v) is 0. The summed E-state index contributed by atoms with van der Waals surface area (Å²) in [4.78, 5) is 0. The summed E-state index contributed by atoms with van der Waals surface area (Å²) in [5.41, 5.74) is 0. The van der Waals surface area contributed by atoms with E-state index in [0.717, 1.165) is 0 Å². The van der Waals surface area contributed by atoms with E-state index in [0.29, 0.717) is 0 Å². The van der Waals surface area contributed by atoms with E-state index in [9.17, 15) is 0 Å². The molecular weight excluding hydrogens is 163 g/mol. The van der Waals surface area contributed by atoms with Crippen LogP contribution in [0.15, 0.2) is 0 Å². The van der Waals surface area contributed by atoms with Gasteiger partial charge in [-0.1, -0.05) is 0 Å². The van der Waals surface area contributed by atoms with Crippen LogP contribution in [0.5, 0.6) is 0 Å². The van der Waals surface area contributed by atoms with E-state index in [1.165, 1.54) is 0 Å². The van der Waals surface area contributed by atoms with Crippen molar-refractivity contribution in [2.24, 2.45) is 0 Å². The molecule has 4 heavy (non-hydrogen) atoms. The molecule has 0 aliphatic rings. The quantitative estimate of drug-likeness (QED) is 0.327. The van der Waals surface area contributed by atoms with Crippen LogP contribution in [-0.4, -0.2) is 109 Å². The first-order chi connectivity index (χ1) is 0. The SMILES string of the molecule is [AlH3].[MgH2].[MgH2].[SrH2]. The second-order valence-electron chi connectivity index (χ2n) is 0. The first kappa shape index (κ1) is 25.7. The van der Waals surface area contributed by atoms with Crippen LogP contribution in [0, 0.1) is 0 Å². The summed E-state index contributed by atoms with van der Waals surface area (Å²) < 4.78 is 0. The zero-order valence-electron chi connectivity index (χ0n) is 0. The van der Waals surface area contributed by atoms with Gasteiger partial charge in [-0.25, -0.2) is 0 Å². The van der Waals surface area contributed by atoms with Crippen LogP contribution in [0.1, 0.15) is 0 Å². The summed E-state index contributed by atoms with van der Waals surface area (Å²) >= 11 is 0. The minimum atomic E-state index is 0. The molecule has 0 aliphatic heterocycles. The van der Waals surface area contributed by atoms with Crippen molar-refractivity contribution in [3.8, 4) is 0 Å². The second-order valence-corrected chi connectivity index (χ2v) is 0. The van der Waals surface area contributed by atoms with Gasteiger partial charge in [0.05, 0.1) is 0 Å². The summed E-state index contributed by atoms with van der Waals surface area (Å²) in [6.45, 7) is 0. The second kappa shape index (κ2) is 16.0. The summed E-state index contributed by atoms with van der Waals surface area (Å²) in [5, 5.41) is 0. The van der Waals surface area contributed by atoms with Gasteiger partial charge in [0.1, 0.15) is 0 Å². The van der Waals surface area contributed by atoms with Crippen molar-refractivity contribution in [3.05, 3.63) is 0 Å². The molecule has 0 bridgehead atoms. The molecule has 0 amide bonds. The summed E-state index contributed by atoms with van der Waals surface area (Å²) in [6.07, 6.45) is 0. The fourth-order valence-electron chi connectivity index (χ4n) is 0. The van der Waals surface area contributed by atoms with E-state index >= 15 is 0 Å². The van der Waals surface area contributed by atoms with Crippen LogP contribution in [0.3, 0.4) is 0 Å². The average molecular weight is 172 g/mol. The van der Waals surface area contributed by atoms with E-state index in [4.69, 9.17) is 0 Å². The Bertz CT molecular complexity index is 6.00. The third kappa shape index (κ3) is 9.11. The molecule has 18 valence electrons. The summed E-state index contributed by atoms with van der Waals surface area (Å²) in [5.74, 6) is 0. The molecule has 0 aliphatic carbocycles. The molecule has 0 fully saturated rings. The van der Waals surface area contributed by atoms with E-state index < -0.39 is 0 Å². The predicted octanol–water partition coefficient (Wildman–Crippen LogP) is -3.93. The Kier molecular flexibility index (Phi) is 103. The van der Waals surface area contributed by atoms with Gasteiger partial charge in [-0.15, -0.1) is 0 Å². The molecule has 0 radical (unpaired) electrons. The summed E-state index contributed by atoms with van der Waals surface area (Å²) in [7, 11) is 0.